The van der Waals surface area contributed by atoms with Crippen LogP contribution in [-0.2, 0) is 0 Å². The van der Waals surface area contributed by atoms with Crippen molar-refractivity contribution in [1.29, 1.82) is 0 Å². The number of nitrogens with one attached hydrogen (secondary N) is 1. The molecule has 1 atom stereocenters. The van der Waals surface area contributed by atoms with E-state index in [-0.39, 0.29) is 6.04 Å². The van der Waals surface area contributed by atoms with Gasteiger partial charge < -0.3 is 11.1 Å². The number of hydrogen-bond acceptors (Lipinski definition) is 3. The lowest BCUT2D eigenvalue weighted by Crippen LogP contribution is -2.11. The van der Waals surface area contributed by atoms with Crippen molar-refractivity contribution in [2.24, 2.45) is 5.73 Å². The van der Waals surface area contributed by atoms with Crippen LogP contribution in [0.15, 0.2) is 53.4 Å². The summed E-state index contributed by atoms with van der Waals surface area (Å²) in [5.41, 5.74) is 9.65. The summed E-state index contributed by atoms with van der Waals surface area (Å²) in [5, 5.41) is 3.13. The molecule has 18 heavy (non-hydrogen) atoms. The molecule has 2 rings (SSSR count). The van der Waals surface area contributed by atoms with Gasteiger partial charge in [0, 0.05) is 17.6 Å². The van der Waals surface area contributed by atoms with Crippen molar-refractivity contribution in [2.45, 2.75) is 10.9 Å². The topological polar surface area (TPSA) is 38.0 Å². The van der Waals surface area contributed by atoms with Gasteiger partial charge in [-0.15, -0.1) is 11.8 Å². The van der Waals surface area contributed by atoms with Gasteiger partial charge in [-0.25, -0.2) is 0 Å². The van der Waals surface area contributed by atoms with Gasteiger partial charge in [0.15, 0.2) is 0 Å². The van der Waals surface area contributed by atoms with Crippen LogP contribution in [0.4, 0.5) is 5.69 Å². The molecule has 0 saturated heterocycles. The molecule has 1 unspecified atom stereocenters. The number of thioether (sulfide) groups is 1. The van der Waals surface area contributed by atoms with Gasteiger partial charge in [-0.3, -0.25) is 0 Å². The Kier molecular flexibility index (Phi) is 4.28. The Hall–Kier alpha value is -1.45. The van der Waals surface area contributed by atoms with Gasteiger partial charge in [-0.1, -0.05) is 24.3 Å². The molecular weight excluding hydrogens is 240 g/mol. The van der Waals surface area contributed by atoms with E-state index in [1.54, 1.807) is 11.8 Å². The number of nitrogens with two attached hydrogens (primary N) is 1. The van der Waals surface area contributed by atoms with Crippen molar-refractivity contribution >= 4 is 17.4 Å². The van der Waals surface area contributed by atoms with Crippen LogP contribution in [0.2, 0.25) is 0 Å². The van der Waals surface area contributed by atoms with E-state index in [0.717, 1.165) is 16.8 Å². The minimum absolute atomic E-state index is 0.0748. The molecule has 0 aliphatic rings. The third-order valence-corrected chi connectivity index (χ3v) is 3.75. The average Bonchev–Trinajstić information content (AvgIpc) is 2.46. The van der Waals surface area contributed by atoms with Crippen molar-refractivity contribution in [3.8, 4) is 0 Å². The van der Waals surface area contributed by atoms with Gasteiger partial charge in [0.2, 0.25) is 0 Å². The maximum Gasteiger partial charge on any atom is 0.0552 e. The highest BCUT2D eigenvalue weighted by atomic mass is 32.2. The van der Waals surface area contributed by atoms with Crippen LogP contribution in [0.1, 0.15) is 17.2 Å². The molecule has 0 fully saturated rings. The molecular formula is C15H18N2S. The van der Waals surface area contributed by atoms with Crippen molar-refractivity contribution in [3.63, 3.8) is 0 Å². The molecule has 0 heterocycles. The van der Waals surface area contributed by atoms with Gasteiger partial charge >= 0.3 is 0 Å². The summed E-state index contributed by atoms with van der Waals surface area (Å²) in [6.07, 6.45) is 2.07. The van der Waals surface area contributed by atoms with Crippen LogP contribution in [0.3, 0.4) is 0 Å². The first kappa shape index (κ1) is 13.0. The molecule has 3 heteroatoms. The zero-order valence-corrected chi connectivity index (χ0v) is 11.5. The van der Waals surface area contributed by atoms with Crippen LogP contribution in [0.25, 0.3) is 0 Å². The predicted molar refractivity (Wildman–Crippen MR) is 80.2 cm³/mol. The summed E-state index contributed by atoms with van der Waals surface area (Å²) < 4.78 is 0. The van der Waals surface area contributed by atoms with Crippen molar-refractivity contribution in [1.82, 2.24) is 0 Å². The number of rotatable bonds is 4. The molecule has 0 radical (unpaired) electrons. The summed E-state index contributed by atoms with van der Waals surface area (Å²) >= 11 is 1.74. The Morgan fingerprint density at radius 3 is 2.39 bits per heavy atom. The maximum absolute atomic E-state index is 6.30. The highest BCUT2D eigenvalue weighted by Crippen LogP contribution is 2.24. The molecule has 0 saturated carbocycles. The van der Waals surface area contributed by atoms with Crippen LogP contribution in [0.5, 0.6) is 0 Å². The lowest BCUT2D eigenvalue weighted by atomic mass is 9.99. The zero-order valence-electron chi connectivity index (χ0n) is 10.7. The highest BCUT2D eigenvalue weighted by molar-refractivity contribution is 7.98. The highest BCUT2D eigenvalue weighted by Gasteiger charge is 2.09. The monoisotopic (exact) mass is 258 g/mol. The second kappa shape index (κ2) is 5.94. The number of anilines is 1. The molecule has 0 amide bonds. The summed E-state index contributed by atoms with van der Waals surface area (Å²) in [6.45, 7) is 0. The predicted octanol–water partition coefficient (Wildman–Crippen LogP) is 3.50. The molecule has 94 valence electrons. The molecule has 0 aliphatic carbocycles. The van der Waals surface area contributed by atoms with E-state index in [0.29, 0.717) is 0 Å². The van der Waals surface area contributed by atoms with Gasteiger partial charge in [0.05, 0.1) is 6.04 Å². The summed E-state index contributed by atoms with van der Waals surface area (Å²) in [5.74, 6) is 0. The Balaban J connectivity index is 2.25. The maximum atomic E-state index is 6.30. The summed E-state index contributed by atoms with van der Waals surface area (Å²) in [4.78, 5) is 1.26. The Morgan fingerprint density at radius 1 is 1.06 bits per heavy atom. The van der Waals surface area contributed by atoms with Crippen LogP contribution in [-0.4, -0.2) is 13.3 Å². The van der Waals surface area contributed by atoms with Gasteiger partial charge in [-0.05, 0) is 41.6 Å². The zero-order chi connectivity index (χ0) is 13.0. The van der Waals surface area contributed by atoms with E-state index in [2.05, 4.69) is 48.0 Å². The largest absolute Gasteiger partial charge is 0.388 e. The van der Waals surface area contributed by atoms with E-state index in [1.807, 2.05) is 19.2 Å². The van der Waals surface area contributed by atoms with E-state index < -0.39 is 0 Å². The average molecular weight is 258 g/mol. The molecule has 0 aromatic heterocycles. The van der Waals surface area contributed by atoms with E-state index in [9.17, 15) is 0 Å². The van der Waals surface area contributed by atoms with Gasteiger partial charge in [0.25, 0.3) is 0 Å². The van der Waals surface area contributed by atoms with Crippen molar-refractivity contribution in [3.05, 3.63) is 59.7 Å². The molecule has 3 N–H and O–H groups in total. The first-order chi connectivity index (χ1) is 8.74. The third kappa shape index (κ3) is 2.86. The lowest BCUT2D eigenvalue weighted by Gasteiger charge is -2.14. The Morgan fingerprint density at radius 2 is 1.78 bits per heavy atom. The minimum Gasteiger partial charge on any atom is -0.388 e. The number of hydrogen-bond donors (Lipinski definition) is 2. The second-order valence-electron chi connectivity index (χ2n) is 4.13. The van der Waals surface area contributed by atoms with Crippen molar-refractivity contribution < 1.29 is 0 Å². The standard InChI is InChI=1S/C15H18N2S/c1-17-13-5-3-4-12(10-13)15(16)11-6-8-14(18-2)9-7-11/h3-10,15,17H,16H2,1-2H3. The van der Waals surface area contributed by atoms with Gasteiger partial charge in [-0.2, -0.15) is 0 Å². The molecule has 0 spiro atoms. The van der Waals surface area contributed by atoms with Crippen molar-refractivity contribution in [2.75, 3.05) is 18.6 Å². The van der Waals surface area contributed by atoms with Crippen LogP contribution in [0, 0.1) is 0 Å². The van der Waals surface area contributed by atoms with Crippen LogP contribution < -0.4 is 11.1 Å². The Labute approximate surface area is 113 Å². The fourth-order valence-electron chi connectivity index (χ4n) is 1.89. The first-order valence-electron chi connectivity index (χ1n) is 5.92. The number of benzene rings is 2. The van der Waals surface area contributed by atoms with Gasteiger partial charge in [0.1, 0.15) is 0 Å². The normalized spacial score (nSPS) is 12.2. The molecule has 2 aromatic rings. The fourth-order valence-corrected chi connectivity index (χ4v) is 2.30. The smallest absolute Gasteiger partial charge is 0.0552 e. The third-order valence-electron chi connectivity index (χ3n) is 3.01. The summed E-state index contributed by atoms with van der Waals surface area (Å²) in [7, 11) is 1.91. The van der Waals surface area contributed by atoms with E-state index >= 15 is 0 Å². The quantitative estimate of drug-likeness (QED) is 0.824. The molecule has 0 aliphatic heterocycles. The first-order valence-corrected chi connectivity index (χ1v) is 7.14. The summed E-state index contributed by atoms with van der Waals surface area (Å²) in [6, 6.07) is 16.6. The molecule has 0 bridgehead atoms. The fraction of sp³-hybridized carbons (Fsp3) is 0.200. The molecule has 2 nitrogen and oxygen atoms in total. The van der Waals surface area contributed by atoms with E-state index in [1.165, 1.54) is 4.90 Å². The van der Waals surface area contributed by atoms with E-state index in [4.69, 9.17) is 5.73 Å². The SMILES string of the molecule is CNc1cccc(C(N)c2ccc(SC)cc2)c1. The minimum atomic E-state index is -0.0748. The molecule has 2 aromatic carbocycles. The second-order valence-corrected chi connectivity index (χ2v) is 5.01. The van der Waals surface area contributed by atoms with Crippen LogP contribution >= 0.6 is 11.8 Å². The Bertz CT molecular complexity index is 508. The lowest BCUT2D eigenvalue weighted by molar-refractivity contribution is 0.870.